The monoisotopic (exact) mass is 211 g/mol. The molecular weight excluding hydrogens is 198 g/mol. The van der Waals surface area contributed by atoms with Gasteiger partial charge in [0.15, 0.2) is 0 Å². The minimum absolute atomic E-state index is 0.124. The minimum atomic E-state index is -0.508. The van der Waals surface area contributed by atoms with Crippen molar-refractivity contribution < 1.29 is 9.53 Å². The largest absolute Gasteiger partial charge is 0.468 e. The molecule has 1 saturated carbocycles. The number of methoxy groups -OCH3 is 1. The van der Waals surface area contributed by atoms with Crippen LogP contribution in [0.25, 0.3) is 0 Å². The number of hydrogen-bond donors (Lipinski definition) is 1. The Morgan fingerprint density at radius 3 is 2.86 bits per heavy atom. The summed E-state index contributed by atoms with van der Waals surface area (Å²) in [6, 6.07) is 3.52. The average molecular weight is 211 g/mol. The van der Waals surface area contributed by atoms with E-state index in [1.807, 2.05) is 17.5 Å². The van der Waals surface area contributed by atoms with Crippen molar-refractivity contribution in [3.05, 3.63) is 22.4 Å². The number of hydrogen-bond acceptors (Lipinski definition) is 4. The molecule has 3 nitrogen and oxygen atoms in total. The molecule has 2 rings (SSSR count). The number of nitrogens with two attached hydrogens (primary N) is 1. The summed E-state index contributed by atoms with van der Waals surface area (Å²) in [7, 11) is 1.38. The zero-order chi connectivity index (χ0) is 10.2. The van der Waals surface area contributed by atoms with Gasteiger partial charge in [-0.2, -0.15) is 0 Å². The van der Waals surface area contributed by atoms with E-state index in [1.165, 1.54) is 12.0 Å². The molecule has 0 spiro atoms. The molecule has 76 valence electrons. The molecule has 1 fully saturated rings. The Kier molecular flexibility index (Phi) is 2.33. The van der Waals surface area contributed by atoms with Crippen LogP contribution in [0.2, 0.25) is 0 Å². The summed E-state index contributed by atoms with van der Waals surface area (Å²) in [6.07, 6.45) is 1.98. The van der Waals surface area contributed by atoms with E-state index in [1.54, 1.807) is 11.3 Å². The second-order valence-electron chi connectivity index (χ2n) is 3.63. The summed E-state index contributed by atoms with van der Waals surface area (Å²) < 4.78 is 4.68. The van der Waals surface area contributed by atoms with Gasteiger partial charge in [0.05, 0.1) is 7.11 Å². The predicted octanol–water partition coefficient (Wildman–Crippen LogP) is 1.28. The standard InChI is InChI=1S/C10H13NO2S/c1-13-9(12)8(11)10(4-5-10)7-3-2-6-14-7/h2-3,6,8H,4-5,11H2,1H3. The van der Waals surface area contributed by atoms with Crippen molar-refractivity contribution >= 4 is 17.3 Å². The van der Waals surface area contributed by atoms with Crippen molar-refractivity contribution in [3.8, 4) is 0 Å². The Morgan fingerprint density at radius 2 is 2.43 bits per heavy atom. The molecule has 2 N–H and O–H groups in total. The van der Waals surface area contributed by atoms with Crippen LogP contribution in [0.4, 0.5) is 0 Å². The molecule has 4 heteroatoms. The van der Waals surface area contributed by atoms with Crippen LogP contribution in [0.5, 0.6) is 0 Å². The average Bonchev–Trinajstić information content (AvgIpc) is 2.84. The van der Waals surface area contributed by atoms with E-state index in [9.17, 15) is 4.79 Å². The Bertz CT molecular complexity index is 330. The summed E-state index contributed by atoms with van der Waals surface area (Å²) in [5.74, 6) is -0.309. The van der Waals surface area contributed by atoms with E-state index in [4.69, 9.17) is 5.73 Å². The van der Waals surface area contributed by atoms with Crippen LogP contribution >= 0.6 is 11.3 Å². The number of esters is 1. The SMILES string of the molecule is COC(=O)C(N)C1(c2cccs2)CC1. The van der Waals surface area contributed by atoms with Gasteiger partial charge in [0.1, 0.15) is 6.04 Å². The van der Waals surface area contributed by atoms with Crippen LogP contribution in [-0.4, -0.2) is 19.1 Å². The van der Waals surface area contributed by atoms with Gasteiger partial charge >= 0.3 is 5.97 Å². The molecule has 1 atom stereocenters. The van der Waals surface area contributed by atoms with Crippen molar-refractivity contribution in [3.63, 3.8) is 0 Å². The maximum atomic E-state index is 11.4. The first kappa shape index (κ1) is 9.68. The Labute approximate surface area is 86.9 Å². The van der Waals surface area contributed by atoms with Crippen LogP contribution in [0.15, 0.2) is 17.5 Å². The molecule has 0 bridgehead atoms. The van der Waals surface area contributed by atoms with Gasteiger partial charge in [-0.3, -0.25) is 4.79 Å². The van der Waals surface area contributed by atoms with Crippen LogP contribution in [0.3, 0.4) is 0 Å². The predicted molar refractivity (Wildman–Crippen MR) is 55.2 cm³/mol. The molecule has 1 unspecified atom stereocenters. The lowest BCUT2D eigenvalue weighted by Gasteiger charge is -2.19. The van der Waals surface area contributed by atoms with Crippen molar-refractivity contribution in [1.82, 2.24) is 0 Å². The highest BCUT2D eigenvalue weighted by atomic mass is 32.1. The fourth-order valence-corrected chi connectivity index (χ4v) is 2.79. The summed E-state index contributed by atoms with van der Waals surface area (Å²) in [6.45, 7) is 0. The molecule has 1 heterocycles. The quantitative estimate of drug-likeness (QED) is 0.766. The van der Waals surface area contributed by atoms with Crippen LogP contribution in [0, 0.1) is 0 Å². The lowest BCUT2D eigenvalue weighted by atomic mass is 9.95. The molecule has 0 saturated heterocycles. The molecule has 1 aromatic heterocycles. The first-order valence-corrected chi connectivity index (χ1v) is 5.46. The van der Waals surface area contributed by atoms with Gasteiger partial charge < -0.3 is 10.5 Å². The number of carbonyl (C=O) groups is 1. The highest BCUT2D eigenvalue weighted by Gasteiger charge is 2.53. The smallest absolute Gasteiger partial charge is 0.323 e. The molecule has 0 radical (unpaired) electrons. The third-order valence-electron chi connectivity index (χ3n) is 2.85. The number of ether oxygens (including phenoxy) is 1. The molecule has 1 aliphatic rings. The van der Waals surface area contributed by atoms with Gasteiger partial charge in [-0.25, -0.2) is 0 Å². The van der Waals surface area contributed by atoms with Gasteiger partial charge in [0.2, 0.25) is 0 Å². The lowest BCUT2D eigenvalue weighted by Crippen LogP contribution is -2.42. The van der Waals surface area contributed by atoms with E-state index in [-0.39, 0.29) is 11.4 Å². The van der Waals surface area contributed by atoms with Gasteiger partial charge in [0, 0.05) is 10.3 Å². The summed E-state index contributed by atoms with van der Waals surface area (Å²) in [5, 5.41) is 2.01. The maximum Gasteiger partial charge on any atom is 0.323 e. The van der Waals surface area contributed by atoms with E-state index in [0.29, 0.717) is 0 Å². The minimum Gasteiger partial charge on any atom is -0.468 e. The second kappa shape index (κ2) is 3.37. The number of thiophene rings is 1. The Morgan fingerprint density at radius 1 is 1.71 bits per heavy atom. The summed E-state index contributed by atoms with van der Waals surface area (Å²) in [4.78, 5) is 12.6. The number of carbonyl (C=O) groups excluding carboxylic acids is 1. The fourth-order valence-electron chi connectivity index (χ4n) is 1.76. The van der Waals surface area contributed by atoms with Gasteiger partial charge in [-0.05, 0) is 24.3 Å². The topological polar surface area (TPSA) is 52.3 Å². The van der Waals surface area contributed by atoms with Crippen molar-refractivity contribution in [2.24, 2.45) is 5.73 Å². The Balaban J connectivity index is 2.21. The van der Waals surface area contributed by atoms with Gasteiger partial charge in [-0.1, -0.05) is 6.07 Å². The van der Waals surface area contributed by atoms with Crippen molar-refractivity contribution in [1.29, 1.82) is 0 Å². The molecule has 1 aromatic rings. The zero-order valence-corrected chi connectivity index (χ0v) is 8.84. The van der Waals surface area contributed by atoms with E-state index in [0.717, 1.165) is 12.8 Å². The summed E-state index contributed by atoms with van der Waals surface area (Å²) in [5.41, 5.74) is 5.77. The normalized spacial score (nSPS) is 20.1. The Hall–Kier alpha value is -0.870. The fraction of sp³-hybridized carbons (Fsp3) is 0.500. The molecule has 0 aliphatic heterocycles. The molecule has 14 heavy (non-hydrogen) atoms. The highest BCUT2D eigenvalue weighted by molar-refractivity contribution is 7.10. The van der Waals surface area contributed by atoms with Crippen LogP contribution in [0.1, 0.15) is 17.7 Å². The zero-order valence-electron chi connectivity index (χ0n) is 8.03. The molecule has 1 aliphatic carbocycles. The van der Waals surface area contributed by atoms with Crippen LogP contribution < -0.4 is 5.73 Å². The summed E-state index contributed by atoms with van der Waals surface area (Å²) >= 11 is 1.66. The second-order valence-corrected chi connectivity index (χ2v) is 4.58. The first-order valence-electron chi connectivity index (χ1n) is 4.58. The lowest BCUT2D eigenvalue weighted by molar-refractivity contribution is -0.143. The first-order chi connectivity index (χ1) is 6.70. The maximum absolute atomic E-state index is 11.4. The molecule has 0 amide bonds. The van der Waals surface area contributed by atoms with Crippen molar-refractivity contribution in [2.45, 2.75) is 24.3 Å². The van der Waals surface area contributed by atoms with Crippen molar-refractivity contribution in [2.75, 3.05) is 7.11 Å². The number of rotatable bonds is 3. The van der Waals surface area contributed by atoms with Gasteiger partial charge in [0.25, 0.3) is 0 Å². The van der Waals surface area contributed by atoms with E-state index >= 15 is 0 Å². The molecule has 0 aromatic carbocycles. The highest BCUT2D eigenvalue weighted by Crippen LogP contribution is 2.52. The third kappa shape index (κ3) is 1.35. The molecular formula is C10H13NO2S. The van der Waals surface area contributed by atoms with E-state index < -0.39 is 6.04 Å². The van der Waals surface area contributed by atoms with Crippen LogP contribution in [-0.2, 0) is 14.9 Å². The van der Waals surface area contributed by atoms with E-state index in [2.05, 4.69) is 4.74 Å². The van der Waals surface area contributed by atoms with Gasteiger partial charge in [-0.15, -0.1) is 11.3 Å². The third-order valence-corrected chi connectivity index (χ3v) is 3.94.